The van der Waals surface area contributed by atoms with E-state index in [1.165, 1.54) is 18.2 Å². The zero-order valence-electron chi connectivity index (χ0n) is 10.6. The van der Waals surface area contributed by atoms with Crippen molar-refractivity contribution in [3.05, 3.63) is 45.7 Å². The van der Waals surface area contributed by atoms with Gasteiger partial charge in [-0.25, -0.2) is 0 Å². The molecule has 0 aliphatic carbocycles. The van der Waals surface area contributed by atoms with Crippen LogP contribution in [0.5, 0.6) is 0 Å². The van der Waals surface area contributed by atoms with Crippen LogP contribution in [0.25, 0.3) is 0 Å². The second kappa shape index (κ2) is 5.49. The Labute approximate surface area is 128 Å². The van der Waals surface area contributed by atoms with Crippen LogP contribution in [0.2, 0.25) is 0 Å². The van der Waals surface area contributed by atoms with Crippen molar-refractivity contribution in [3.63, 3.8) is 0 Å². The molecular weight excluding hydrogens is 380 g/mol. The lowest BCUT2D eigenvalue weighted by molar-refractivity contribution is -0.144. The molecular formula is C12H8BrF6N3. The fraction of sp³-hybridized carbons (Fsp3) is 0.250. The molecule has 120 valence electrons. The molecule has 0 atom stereocenters. The smallest absolute Gasteiger partial charge is 0.398 e. The molecule has 1 aromatic carbocycles. The van der Waals surface area contributed by atoms with Gasteiger partial charge in [0, 0.05) is 16.2 Å². The van der Waals surface area contributed by atoms with Crippen molar-refractivity contribution >= 4 is 21.6 Å². The zero-order valence-corrected chi connectivity index (χ0v) is 12.2. The SMILES string of the molecule is Nc1ccc(Cn2nc(C(F)(F)F)cc2C(F)(F)F)cc1Br. The molecule has 0 bridgehead atoms. The number of nitrogens with zero attached hydrogens (tertiary/aromatic N) is 2. The van der Waals surface area contributed by atoms with E-state index in [0.717, 1.165) is 0 Å². The van der Waals surface area contributed by atoms with Gasteiger partial charge >= 0.3 is 12.4 Å². The summed E-state index contributed by atoms with van der Waals surface area (Å²) >= 11 is 3.10. The van der Waals surface area contributed by atoms with Crippen molar-refractivity contribution < 1.29 is 26.3 Å². The van der Waals surface area contributed by atoms with E-state index in [4.69, 9.17) is 5.73 Å². The summed E-state index contributed by atoms with van der Waals surface area (Å²) in [4.78, 5) is 0. The summed E-state index contributed by atoms with van der Waals surface area (Å²) in [5, 5.41) is 3.02. The van der Waals surface area contributed by atoms with Gasteiger partial charge in [-0.15, -0.1) is 0 Å². The molecule has 0 fully saturated rings. The molecule has 0 spiro atoms. The Morgan fingerprint density at radius 1 is 1.05 bits per heavy atom. The summed E-state index contributed by atoms with van der Waals surface area (Å²) in [6, 6.07) is 4.26. The quantitative estimate of drug-likeness (QED) is 0.616. The lowest BCUT2D eigenvalue weighted by Crippen LogP contribution is -2.15. The predicted octanol–water partition coefficient (Wildman–Crippen LogP) is 4.31. The number of nitrogens with two attached hydrogens (primary N) is 1. The molecule has 2 N–H and O–H groups in total. The summed E-state index contributed by atoms with van der Waals surface area (Å²) in [5.74, 6) is 0. The minimum absolute atomic E-state index is 0.00759. The number of alkyl halides is 6. The van der Waals surface area contributed by atoms with E-state index in [1.54, 1.807) is 0 Å². The number of rotatable bonds is 2. The normalized spacial score (nSPS) is 12.7. The van der Waals surface area contributed by atoms with Crippen molar-refractivity contribution in [1.82, 2.24) is 9.78 Å². The van der Waals surface area contributed by atoms with Crippen molar-refractivity contribution in [2.45, 2.75) is 18.9 Å². The Morgan fingerprint density at radius 3 is 2.18 bits per heavy atom. The van der Waals surface area contributed by atoms with Crippen molar-refractivity contribution in [2.75, 3.05) is 5.73 Å². The highest BCUT2D eigenvalue weighted by Gasteiger charge is 2.41. The maximum atomic E-state index is 12.8. The minimum atomic E-state index is -4.95. The summed E-state index contributed by atoms with van der Waals surface area (Å²) in [5.41, 5.74) is 3.17. The summed E-state index contributed by atoms with van der Waals surface area (Å²) < 4.78 is 76.9. The Bertz CT molecular complexity index is 689. The molecule has 10 heteroatoms. The maximum Gasteiger partial charge on any atom is 0.435 e. The number of hydrogen-bond donors (Lipinski definition) is 1. The molecule has 22 heavy (non-hydrogen) atoms. The lowest BCUT2D eigenvalue weighted by atomic mass is 10.2. The summed E-state index contributed by atoms with van der Waals surface area (Å²) in [6.07, 6.45) is -9.89. The fourth-order valence-corrected chi connectivity index (χ4v) is 2.17. The van der Waals surface area contributed by atoms with Crippen LogP contribution in [-0.4, -0.2) is 9.78 Å². The van der Waals surface area contributed by atoms with E-state index >= 15 is 0 Å². The van der Waals surface area contributed by atoms with Crippen LogP contribution in [0, 0.1) is 0 Å². The van der Waals surface area contributed by atoms with Gasteiger partial charge in [0.1, 0.15) is 5.69 Å². The van der Waals surface area contributed by atoms with Crippen LogP contribution in [0.15, 0.2) is 28.7 Å². The summed E-state index contributed by atoms with van der Waals surface area (Å²) in [7, 11) is 0. The van der Waals surface area contributed by atoms with E-state index in [1.807, 2.05) is 0 Å². The maximum absolute atomic E-state index is 12.8. The minimum Gasteiger partial charge on any atom is -0.398 e. The van der Waals surface area contributed by atoms with Crippen LogP contribution >= 0.6 is 15.9 Å². The second-order valence-corrected chi connectivity index (χ2v) is 5.28. The molecule has 0 saturated heterocycles. The molecule has 1 aromatic heterocycles. The first-order valence-electron chi connectivity index (χ1n) is 5.74. The average molecular weight is 388 g/mol. The number of anilines is 1. The van der Waals surface area contributed by atoms with Gasteiger partial charge in [0.05, 0.1) is 6.54 Å². The monoisotopic (exact) mass is 387 g/mol. The molecule has 0 saturated carbocycles. The van der Waals surface area contributed by atoms with Gasteiger partial charge in [-0.1, -0.05) is 6.07 Å². The van der Waals surface area contributed by atoms with Gasteiger partial charge in [-0.3, -0.25) is 4.68 Å². The number of halogens is 7. The van der Waals surface area contributed by atoms with Crippen molar-refractivity contribution in [3.8, 4) is 0 Å². The van der Waals surface area contributed by atoms with E-state index in [9.17, 15) is 26.3 Å². The fourth-order valence-electron chi connectivity index (χ4n) is 1.75. The molecule has 0 amide bonds. The van der Waals surface area contributed by atoms with Gasteiger partial charge in [0.25, 0.3) is 0 Å². The van der Waals surface area contributed by atoms with E-state index in [0.29, 0.717) is 15.7 Å². The summed E-state index contributed by atoms with van der Waals surface area (Å²) in [6.45, 7) is -0.468. The average Bonchev–Trinajstić information content (AvgIpc) is 2.77. The Kier molecular flexibility index (Phi) is 4.16. The van der Waals surface area contributed by atoms with E-state index < -0.39 is 30.3 Å². The Morgan fingerprint density at radius 2 is 1.68 bits per heavy atom. The Balaban J connectivity index is 2.44. The largest absolute Gasteiger partial charge is 0.435 e. The van der Waals surface area contributed by atoms with Crippen LogP contribution in [0.4, 0.5) is 32.0 Å². The number of hydrogen-bond acceptors (Lipinski definition) is 2. The van der Waals surface area contributed by atoms with E-state index in [2.05, 4.69) is 21.0 Å². The first kappa shape index (κ1) is 16.7. The highest BCUT2D eigenvalue weighted by molar-refractivity contribution is 9.10. The third-order valence-electron chi connectivity index (χ3n) is 2.76. The van der Waals surface area contributed by atoms with Gasteiger partial charge in [0.2, 0.25) is 0 Å². The van der Waals surface area contributed by atoms with Gasteiger partial charge in [-0.2, -0.15) is 31.4 Å². The van der Waals surface area contributed by atoms with Crippen molar-refractivity contribution in [2.24, 2.45) is 0 Å². The highest BCUT2D eigenvalue weighted by Crippen LogP contribution is 2.35. The molecule has 1 heterocycles. The number of benzene rings is 1. The van der Waals surface area contributed by atoms with Gasteiger partial charge < -0.3 is 5.73 Å². The highest BCUT2D eigenvalue weighted by atomic mass is 79.9. The molecule has 0 unspecified atom stereocenters. The van der Waals surface area contributed by atoms with Crippen molar-refractivity contribution in [1.29, 1.82) is 0 Å². The third-order valence-corrected chi connectivity index (χ3v) is 3.44. The lowest BCUT2D eigenvalue weighted by Gasteiger charge is -2.11. The molecule has 0 aliphatic rings. The van der Waals surface area contributed by atoms with Crippen LogP contribution in [0.1, 0.15) is 17.0 Å². The van der Waals surface area contributed by atoms with E-state index in [-0.39, 0.29) is 10.7 Å². The molecule has 2 rings (SSSR count). The van der Waals surface area contributed by atoms with Crippen LogP contribution in [0.3, 0.4) is 0 Å². The van der Waals surface area contributed by atoms with Crippen LogP contribution in [-0.2, 0) is 18.9 Å². The molecule has 3 nitrogen and oxygen atoms in total. The Hall–Kier alpha value is -1.71. The standard InChI is InChI=1S/C12H8BrF6N3/c13-7-3-6(1-2-8(7)20)5-22-10(12(17,18)19)4-9(21-22)11(14,15)16/h1-4H,5,20H2. The van der Waals surface area contributed by atoms with Gasteiger partial charge in [-0.05, 0) is 33.6 Å². The second-order valence-electron chi connectivity index (χ2n) is 4.42. The predicted molar refractivity (Wildman–Crippen MR) is 69.9 cm³/mol. The topological polar surface area (TPSA) is 43.8 Å². The molecule has 0 radical (unpaired) electrons. The first-order chi connectivity index (χ1) is 9.98. The zero-order chi connectivity index (χ0) is 16.7. The molecule has 0 aliphatic heterocycles. The van der Waals surface area contributed by atoms with Crippen LogP contribution < -0.4 is 5.73 Å². The first-order valence-corrected chi connectivity index (χ1v) is 6.54. The molecule has 2 aromatic rings. The number of aromatic nitrogens is 2. The number of nitrogen functional groups attached to an aromatic ring is 1. The van der Waals surface area contributed by atoms with Gasteiger partial charge in [0.15, 0.2) is 5.69 Å². The third kappa shape index (κ3) is 3.54.